The summed E-state index contributed by atoms with van der Waals surface area (Å²) in [6, 6.07) is 7.39. The van der Waals surface area contributed by atoms with E-state index in [4.69, 9.17) is 5.73 Å². The number of rotatable bonds is 7. The summed E-state index contributed by atoms with van der Waals surface area (Å²) in [5, 5.41) is 0. The zero-order valence-electron chi connectivity index (χ0n) is 11.9. The lowest BCUT2D eigenvalue weighted by atomic mass is 9.98. The molecule has 108 valence electrons. The molecule has 1 aromatic carbocycles. The third-order valence-electron chi connectivity index (χ3n) is 3.65. The summed E-state index contributed by atoms with van der Waals surface area (Å²) in [6.07, 6.45) is 1.53. The Morgan fingerprint density at radius 1 is 1.16 bits per heavy atom. The van der Waals surface area contributed by atoms with Gasteiger partial charge >= 0.3 is 0 Å². The van der Waals surface area contributed by atoms with Crippen molar-refractivity contribution < 1.29 is 8.42 Å². The highest BCUT2D eigenvalue weighted by atomic mass is 32.2. The number of benzene rings is 1. The van der Waals surface area contributed by atoms with Gasteiger partial charge in [0.05, 0.1) is 5.75 Å². The first-order valence-corrected chi connectivity index (χ1v) is 8.29. The molecule has 0 heterocycles. The van der Waals surface area contributed by atoms with Gasteiger partial charge in [0.2, 0.25) is 10.0 Å². The molecule has 4 nitrogen and oxygen atoms in total. The highest BCUT2D eigenvalue weighted by Crippen LogP contribution is 2.18. The van der Waals surface area contributed by atoms with Gasteiger partial charge in [0, 0.05) is 12.1 Å². The Kier molecular flexibility index (Phi) is 5.52. The third kappa shape index (κ3) is 4.60. The van der Waals surface area contributed by atoms with Crippen molar-refractivity contribution in [1.29, 1.82) is 0 Å². The van der Waals surface area contributed by atoms with E-state index in [-0.39, 0.29) is 11.3 Å². The Balaban J connectivity index is 2.91. The van der Waals surface area contributed by atoms with Crippen LogP contribution >= 0.6 is 0 Å². The van der Waals surface area contributed by atoms with E-state index in [1.54, 1.807) is 0 Å². The Morgan fingerprint density at radius 2 is 1.68 bits per heavy atom. The predicted molar refractivity (Wildman–Crippen MR) is 79.1 cm³/mol. The topological polar surface area (TPSA) is 72.2 Å². The van der Waals surface area contributed by atoms with Gasteiger partial charge in [-0.3, -0.25) is 0 Å². The van der Waals surface area contributed by atoms with Crippen molar-refractivity contribution in [3.05, 3.63) is 35.4 Å². The average molecular weight is 284 g/mol. The second kappa shape index (κ2) is 6.50. The van der Waals surface area contributed by atoms with Crippen LogP contribution in [0.4, 0.5) is 0 Å². The first kappa shape index (κ1) is 16.1. The second-order valence-corrected chi connectivity index (χ2v) is 6.82. The normalized spacial score (nSPS) is 12.6. The summed E-state index contributed by atoms with van der Waals surface area (Å²) in [5.41, 5.74) is 6.90. The van der Waals surface area contributed by atoms with Gasteiger partial charge in [-0.1, -0.05) is 38.1 Å². The van der Waals surface area contributed by atoms with Crippen molar-refractivity contribution in [2.45, 2.75) is 51.4 Å². The van der Waals surface area contributed by atoms with E-state index in [1.165, 1.54) is 0 Å². The van der Waals surface area contributed by atoms with E-state index < -0.39 is 10.0 Å². The smallest absolute Gasteiger partial charge is 0.216 e. The van der Waals surface area contributed by atoms with E-state index in [9.17, 15) is 8.42 Å². The number of sulfonamides is 1. The standard InChI is InChI=1S/C14H24N2O2S/c1-4-14(3,5-2)16-19(17,18)11-13-9-7-6-8-12(13)10-15/h6-9,16H,4-5,10-11,15H2,1-3H3. The van der Waals surface area contributed by atoms with Crippen molar-refractivity contribution >= 4 is 10.0 Å². The minimum absolute atomic E-state index is 0.0179. The van der Waals surface area contributed by atoms with Gasteiger partial charge in [-0.25, -0.2) is 13.1 Å². The monoisotopic (exact) mass is 284 g/mol. The van der Waals surface area contributed by atoms with Crippen molar-refractivity contribution in [3.63, 3.8) is 0 Å². The Hall–Kier alpha value is -0.910. The minimum Gasteiger partial charge on any atom is -0.326 e. The minimum atomic E-state index is -3.35. The molecule has 19 heavy (non-hydrogen) atoms. The number of nitrogens with two attached hydrogens (primary N) is 1. The quantitative estimate of drug-likeness (QED) is 0.806. The van der Waals surface area contributed by atoms with Gasteiger partial charge in [0.25, 0.3) is 0 Å². The maximum Gasteiger partial charge on any atom is 0.216 e. The molecular weight excluding hydrogens is 260 g/mol. The van der Waals surface area contributed by atoms with E-state index in [0.717, 1.165) is 24.0 Å². The van der Waals surface area contributed by atoms with Gasteiger partial charge in [-0.05, 0) is 30.9 Å². The molecule has 0 aliphatic heterocycles. The van der Waals surface area contributed by atoms with E-state index in [0.29, 0.717) is 6.54 Å². The number of hydrogen-bond acceptors (Lipinski definition) is 3. The molecule has 0 aliphatic carbocycles. The van der Waals surface area contributed by atoms with Crippen LogP contribution in [0.5, 0.6) is 0 Å². The van der Waals surface area contributed by atoms with Crippen molar-refractivity contribution in [2.75, 3.05) is 0 Å². The molecule has 0 amide bonds. The SMILES string of the molecule is CCC(C)(CC)NS(=O)(=O)Cc1ccccc1CN. The third-order valence-corrected chi connectivity index (χ3v) is 5.14. The molecule has 0 saturated heterocycles. The molecule has 1 rings (SSSR count). The lowest BCUT2D eigenvalue weighted by Crippen LogP contribution is -2.45. The van der Waals surface area contributed by atoms with Gasteiger partial charge < -0.3 is 5.73 Å². The van der Waals surface area contributed by atoms with Crippen LogP contribution in [0.3, 0.4) is 0 Å². The fraction of sp³-hybridized carbons (Fsp3) is 0.571. The maximum atomic E-state index is 12.2. The molecule has 1 aromatic rings. The number of hydrogen-bond donors (Lipinski definition) is 2. The first-order valence-electron chi connectivity index (χ1n) is 6.64. The molecule has 0 spiro atoms. The summed E-state index contributed by atoms with van der Waals surface area (Å²) in [6.45, 7) is 6.25. The van der Waals surface area contributed by atoms with Crippen LogP contribution in [-0.4, -0.2) is 14.0 Å². The fourth-order valence-electron chi connectivity index (χ4n) is 1.91. The fourth-order valence-corrected chi connectivity index (χ4v) is 3.71. The van der Waals surface area contributed by atoms with E-state index in [1.807, 2.05) is 45.0 Å². The van der Waals surface area contributed by atoms with Crippen molar-refractivity contribution in [3.8, 4) is 0 Å². The van der Waals surface area contributed by atoms with Gasteiger partial charge in [-0.15, -0.1) is 0 Å². The molecule has 0 atom stereocenters. The maximum absolute atomic E-state index is 12.2. The summed E-state index contributed by atoms with van der Waals surface area (Å²) in [7, 11) is -3.35. The first-order chi connectivity index (χ1) is 8.86. The molecule has 0 bridgehead atoms. The van der Waals surface area contributed by atoms with E-state index in [2.05, 4.69) is 4.72 Å². The van der Waals surface area contributed by atoms with Crippen LogP contribution in [0.1, 0.15) is 44.7 Å². The lowest BCUT2D eigenvalue weighted by Gasteiger charge is -2.28. The van der Waals surface area contributed by atoms with Crippen LogP contribution in [0, 0.1) is 0 Å². The van der Waals surface area contributed by atoms with Gasteiger partial charge in [0.1, 0.15) is 0 Å². The van der Waals surface area contributed by atoms with E-state index >= 15 is 0 Å². The van der Waals surface area contributed by atoms with Gasteiger partial charge in [0.15, 0.2) is 0 Å². The molecule has 0 aliphatic rings. The van der Waals surface area contributed by atoms with Crippen LogP contribution in [0.15, 0.2) is 24.3 Å². The van der Waals surface area contributed by atoms with Crippen LogP contribution in [-0.2, 0) is 22.3 Å². The molecule has 0 aromatic heterocycles. The Bertz CT molecular complexity index is 508. The molecule has 5 heteroatoms. The van der Waals surface area contributed by atoms with Gasteiger partial charge in [-0.2, -0.15) is 0 Å². The molecule has 0 radical (unpaired) electrons. The zero-order chi connectivity index (χ0) is 14.5. The molecule has 3 N–H and O–H groups in total. The van der Waals surface area contributed by atoms with Crippen LogP contribution in [0.25, 0.3) is 0 Å². The number of nitrogens with one attached hydrogen (secondary N) is 1. The highest BCUT2D eigenvalue weighted by molar-refractivity contribution is 7.88. The second-order valence-electron chi connectivity index (χ2n) is 5.10. The van der Waals surface area contributed by atoms with Crippen LogP contribution in [0.2, 0.25) is 0 Å². The average Bonchev–Trinajstić information content (AvgIpc) is 2.38. The summed E-state index contributed by atoms with van der Waals surface area (Å²) in [5.74, 6) is -0.0179. The summed E-state index contributed by atoms with van der Waals surface area (Å²) < 4.78 is 27.3. The summed E-state index contributed by atoms with van der Waals surface area (Å²) in [4.78, 5) is 0. The predicted octanol–water partition coefficient (Wildman–Crippen LogP) is 2.14. The molecular formula is C14H24N2O2S. The molecule has 0 fully saturated rings. The summed E-state index contributed by atoms with van der Waals surface area (Å²) >= 11 is 0. The van der Waals surface area contributed by atoms with Crippen LogP contribution < -0.4 is 10.5 Å². The van der Waals surface area contributed by atoms with Crippen molar-refractivity contribution in [2.24, 2.45) is 5.73 Å². The lowest BCUT2D eigenvalue weighted by molar-refractivity contribution is 0.388. The highest BCUT2D eigenvalue weighted by Gasteiger charge is 2.26. The van der Waals surface area contributed by atoms with Crippen molar-refractivity contribution in [1.82, 2.24) is 4.72 Å². The molecule has 0 saturated carbocycles. The Morgan fingerprint density at radius 3 is 2.16 bits per heavy atom. The Labute approximate surface area is 116 Å². The zero-order valence-corrected chi connectivity index (χ0v) is 12.8. The molecule has 0 unspecified atom stereocenters. The largest absolute Gasteiger partial charge is 0.326 e.